The van der Waals surface area contributed by atoms with Gasteiger partial charge >= 0.3 is 0 Å². The van der Waals surface area contributed by atoms with E-state index in [1.165, 1.54) is 0 Å². The summed E-state index contributed by atoms with van der Waals surface area (Å²) < 4.78 is 20.4. The van der Waals surface area contributed by atoms with E-state index in [9.17, 15) is 0 Å². The Kier molecular flexibility index (Phi) is 6.61. The van der Waals surface area contributed by atoms with Gasteiger partial charge in [0.15, 0.2) is 0 Å². The van der Waals surface area contributed by atoms with E-state index in [4.69, 9.17) is 18.9 Å². The summed E-state index contributed by atoms with van der Waals surface area (Å²) in [4.78, 5) is 0. The van der Waals surface area contributed by atoms with E-state index in [0.717, 1.165) is 6.61 Å². The zero-order chi connectivity index (χ0) is 10.1. The molecular formula is C10H18O4. The minimum atomic E-state index is 0.345. The highest BCUT2D eigenvalue weighted by molar-refractivity contribution is 4.81. The number of hydrogen-bond donors (Lipinski definition) is 0. The average Bonchev–Trinajstić information content (AvgIpc) is 2.99. The molecule has 0 aromatic rings. The molecule has 14 heavy (non-hydrogen) atoms. The third-order valence-corrected chi connectivity index (χ3v) is 1.67. The molecule has 1 aliphatic heterocycles. The van der Waals surface area contributed by atoms with E-state index in [-0.39, 0.29) is 0 Å². The maximum Gasteiger partial charge on any atom is 0.147 e. The van der Waals surface area contributed by atoms with Crippen LogP contribution in [0.15, 0.2) is 12.2 Å². The lowest BCUT2D eigenvalue weighted by Crippen LogP contribution is -2.01. The molecule has 1 rings (SSSR count). The van der Waals surface area contributed by atoms with Gasteiger partial charge in [-0.3, -0.25) is 0 Å². The van der Waals surface area contributed by atoms with Crippen LogP contribution in [-0.2, 0) is 18.9 Å². The number of rotatable bonds is 9. The Labute approximate surface area is 84.8 Å². The number of epoxide rings is 1. The van der Waals surface area contributed by atoms with E-state index in [0.29, 0.717) is 39.3 Å². The minimum Gasteiger partial charge on any atom is -0.375 e. The molecule has 0 aliphatic carbocycles. The van der Waals surface area contributed by atoms with Gasteiger partial charge in [-0.1, -0.05) is 12.2 Å². The fourth-order valence-electron chi connectivity index (χ4n) is 0.826. The van der Waals surface area contributed by atoms with Crippen LogP contribution in [0.4, 0.5) is 0 Å². The van der Waals surface area contributed by atoms with Gasteiger partial charge in [0.2, 0.25) is 0 Å². The van der Waals surface area contributed by atoms with Crippen LogP contribution in [0.2, 0.25) is 0 Å². The second-order valence-corrected chi connectivity index (χ2v) is 2.95. The lowest BCUT2D eigenvalue weighted by molar-refractivity contribution is -0.0390. The predicted octanol–water partition coefficient (Wildman–Crippen LogP) is 0.969. The van der Waals surface area contributed by atoms with Crippen LogP contribution in [0, 0.1) is 0 Å². The molecule has 4 nitrogen and oxygen atoms in total. The molecule has 1 unspecified atom stereocenters. The normalized spacial score (nSPS) is 20.5. The molecular weight excluding hydrogens is 184 g/mol. The molecule has 0 bridgehead atoms. The van der Waals surface area contributed by atoms with Crippen molar-refractivity contribution in [3.05, 3.63) is 12.2 Å². The van der Waals surface area contributed by atoms with Crippen molar-refractivity contribution in [3.8, 4) is 0 Å². The average molecular weight is 202 g/mol. The van der Waals surface area contributed by atoms with Crippen LogP contribution in [0.25, 0.3) is 0 Å². The zero-order valence-corrected chi connectivity index (χ0v) is 8.61. The Morgan fingerprint density at radius 2 is 1.93 bits per heavy atom. The highest BCUT2D eigenvalue weighted by Gasteiger charge is 2.21. The fraction of sp³-hybridized carbons (Fsp3) is 0.800. The topological polar surface area (TPSA) is 40.2 Å². The molecule has 0 N–H and O–H groups in total. The summed E-state index contributed by atoms with van der Waals surface area (Å²) >= 11 is 0. The summed E-state index contributed by atoms with van der Waals surface area (Å²) in [6, 6.07) is 0. The molecule has 0 aromatic carbocycles. The standard InChI is InChI=1S/C10H18O4/c1-2-11-9-13-6-4-3-5-12-7-10-8-14-10/h3-4,10H,2,5-9H2,1H3/b4-3+. The van der Waals surface area contributed by atoms with Crippen molar-refractivity contribution in [3.63, 3.8) is 0 Å². The molecule has 0 amide bonds. The first-order chi connectivity index (χ1) is 6.93. The monoisotopic (exact) mass is 202 g/mol. The zero-order valence-electron chi connectivity index (χ0n) is 8.61. The first-order valence-electron chi connectivity index (χ1n) is 4.93. The van der Waals surface area contributed by atoms with E-state index >= 15 is 0 Å². The number of ether oxygens (including phenoxy) is 4. The van der Waals surface area contributed by atoms with Crippen LogP contribution in [0.1, 0.15) is 6.92 Å². The van der Waals surface area contributed by atoms with Crippen LogP contribution < -0.4 is 0 Å². The molecule has 4 heteroatoms. The second-order valence-electron chi connectivity index (χ2n) is 2.95. The van der Waals surface area contributed by atoms with Crippen LogP contribution in [0.5, 0.6) is 0 Å². The molecule has 1 aliphatic rings. The van der Waals surface area contributed by atoms with Gasteiger partial charge < -0.3 is 18.9 Å². The van der Waals surface area contributed by atoms with E-state index in [2.05, 4.69) is 0 Å². The lowest BCUT2D eigenvalue weighted by atomic mass is 10.5. The van der Waals surface area contributed by atoms with Gasteiger partial charge in [0.05, 0.1) is 26.4 Å². The number of hydrogen-bond acceptors (Lipinski definition) is 4. The fourth-order valence-corrected chi connectivity index (χ4v) is 0.826. The Morgan fingerprint density at radius 1 is 1.21 bits per heavy atom. The summed E-state index contributed by atoms with van der Waals surface area (Å²) in [5.41, 5.74) is 0. The highest BCUT2D eigenvalue weighted by Crippen LogP contribution is 2.07. The highest BCUT2D eigenvalue weighted by atomic mass is 16.7. The van der Waals surface area contributed by atoms with Crippen molar-refractivity contribution < 1.29 is 18.9 Å². The summed E-state index contributed by atoms with van der Waals surface area (Å²) in [6.07, 6.45) is 4.21. The molecule has 82 valence electrons. The van der Waals surface area contributed by atoms with E-state index < -0.39 is 0 Å². The summed E-state index contributed by atoms with van der Waals surface area (Å²) in [6.45, 7) is 5.73. The van der Waals surface area contributed by atoms with Crippen molar-refractivity contribution in [2.45, 2.75) is 13.0 Å². The van der Waals surface area contributed by atoms with Crippen molar-refractivity contribution in [1.29, 1.82) is 0 Å². The SMILES string of the molecule is CCOCOC/C=C/COCC1CO1. The second kappa shape index (κ2) is 7.94. The maximum atomic E-state index is 5.29. The Bertz CT molecular complexity index is 154. The Hall–Kier alpha value is -0.420. The molecule has 1 saturated heterocycles. The van der Waals surface area contributed by atoms with Crippen LogP contribution in [0.3, 0.4) is 0 Å². The third-order valence-electron chi connectivity index (χ3n) is 1.67. The largest absolute Gasteiger partial charge is 0.375 e. The van der Waals surface area contributed by atoms with Crippen molar-refractivity contribution in [2.24, 2.45) is 0 Å². The minimum absolute atomic E-state index is 0.345. The molecule has 0 aromatic heterocycles. The van der Waals surface area contributed by atoms with Crippen LogP contribution in [-0.4, -0.2) is 45.9 Å². The first kappa shape index (κ1) is 11.7. The third kappa shape index (κ3) is 7.03. The van der Waals surface area contributed by atoms with Gasteiger partial charge in [-0.2, -0.15) is 0 Å². The van der Waals surface area contributed by atoms with Gasteiger partial charge in [-0.25, -0.2) is 0 Å². The van der Waals surface area contributed by atoms with Crippen molar-refractivity contribution in [1.82, 2.24) is 0 Å². The van der Waals surface area contributed by atoms with Gasteiger partial charge in [0, 0.05) is 6.61 Å². The molecule has 1 fully saturated rings. The van der Waals surface area contributed by atoms with Crippen molar-refractivity contribution >= 4 is 0 Å². The quantitative estimate of drug-likeness (QED) is 0.242. The van der Waals surface area contributed by atoms with E-state index in [1.54, 1.807) is 0 Å². The molecule has 0 saturated carbocycles. The van der Waals surface area contributed by atoms with Gasteiger partial charge in [-0.05, 0) is 6.92 Å². The van der Waals surface area contributed by atoms with Gasteiger partial charge in [-0.15, -0.1) is 0 Å². The molecule has 0 radical (unpaired) electrons. The molecule has 0 spiro atoms. The Balaban J connectivity index is 1.73. The maximum absolute atomic E-state index is 5.29. The van der Waals surface area contributed by atoms with Crippen molar-refractivity contribution in [2.75, 3.05) is 39.8 Å². The predicted molar refractivity (Wildman–Crippen MR) is 52.1 cm³/mol. The Morgan fingerprint density at radius 3 is 2.57 bits per heavy atom. The van der Waals surface area contributed by atoms with E-state index in [1.807, 2.05) is 19.1 Å². The van der Waals surface area contributed by atoms with Crippen LogP contribution >= 0.6 is 0 Å². The molecule has 1 heterocycles. The molecule has 1 atom stereocenters. The first-order valence-corrected chi connectivity index (χ1v) is 4.93. The summed E-state index contributed by atoms with van der Waals surface area (Å²) in [7, 11) is 0. The summed E-state index contributed by atoms with van der Waals surface area (Å²) in [5, 5.41) is 0. The smallest absolute Gasteiger partial charge is 0.147 e. The van der Waals surface area contributed by atoms with Gasteiger partial charge in [0.1, 0.15) is 12.9 Å². The summed E-state index contributed by atoms with van der Waals surface area (Å²) in [5.74, 6) is 0. The lowest BCUT2D eigenvalue weighted by Gasteiger charge is -1.99. The van der Waals surface area contributed by atoms with Gasteiger partial charge in [0.25, 0.3) is 0 Å².